The maximum atomic E-state index is 12.4. The van der Waals surface area contributed by atoms with E-state index in [-0.39, 0.29) is 16.5 Å². The first kappa shape index (κ1) is 19.6. The number of hydroxylamine groups is 2. The van der Waals surface area contributed by atoms with E-state index in [2.05, 4.69) is 20.8 Å². The molecule has 0 fully saturated rings. The Morgan fingerprint density at radius 2 is 1.57 bits per heavy atom. The van der Waals surface area contributed by atoms with Crippen LogP contribution in [0.1, 0.15) is 59.5 Å². The van der Waals surface area contributed by atoms with Crippen molar-refractivity contribution in [3.63, 3.8) is 0 Å². The number of fused-ring (bicyclic) bond motifs is 1. The summed E-state index contributed by atoms with van der Waals surface area (Å²) in [4.78, 5) is 42.0. The molecule has 1 aliphatic heterocycles. The molecule has 2 amide bonds. The van der Waals surface area contributed by atoms with Gasteiger partial charge in [-0.2, -0.15) is 0 Å². The van der Waals surface area contributed by atoms with Gasteiger partial charge < -0.3 is 9.57 Å². The van der Waals surface area contributed by atoms with Gasteiger partial charge in [-0.1, -0.05) is 50.1 Å². The van der Waals surface area contributed by atoms with Gasteiger partial charge in [0.2, 0.25) is 0 Å². The van der Waals surface area contributed by atoms with Crippen LogP contribution in [0.5, 0.6) is 5.75 Å². The van der Waals surface area contributed by atoms with Crippen LogP contribution in [0.4, 0.5) is 0 Å². The highest BCUT2D eigenvalue weighted by Crippen LogP contribution is 2.28. The SMILES string of the molecule is Cc1cc(C(C)(C)C)ccc1OC(C)C(=O)ON1C(=O)c2ccccc2C1=O. The number of hydrogen-bond acceptors (Lipinski definition) is 5. The lowest BCUT2D eigenvalue weighted by Gasteiger charge is -2.22. The lowest BCUT2D eigenvalue weighted by atomic mass is 9.86. The minimum atomic E-state index is -0.997. The Kier molecular flexibility index (Phi) is 4.98. The number of carbonyl (C=O) groups is 3. The highest BCUT2D eigenvalue weighted by Gasteiger charge is 2.39. The number of hydrogen-bond donors (Lipinski definition) is 0. The van der Waals surface area contributed by atoms with E-state index in [1.807, 2.05) is 25.1 Å². The molecule has 28 heavy (non-hydrogen) atoms. The maximum absolute atomic E-state index is 12.4. The molecule has 1 unspecified atom stereocenters. The molecule has 0 aliphatic carbocycles. The van der Waals surface area contributed by atoms with Gasteiger partial charge in [-0.05, 0) is 48.6 Å². The Balaban J connectivity index is 1.69. The molecule has 6 heteroatoms. The summed E-state index contributed by atoms with van der Waals surface area (Å²) in [6, 6.07) is 12.1. The van der Waals surface area contributed by atoms with Gasteiger partial charge in [0.1, 0.15) is 5.75 Å². The zero-order valence-electron chi connectivity index (χ0n) is 16.6. The summed E-state index contributed by atoms with van der Waals surface area (Å²) in [7, 11) is 0. The summed E-state index contributed by atoms with van der Waals surface area (Å²) in [6.07, 6.45) is -0.997. The smallest absolute Gasteiger partial charge is 0.373 e. The van der Waals surface area contributed by atoms with E-state index in [1.54, 1.807) is 12.1 Å². The lowest BCUT2D eigenvalue weighted by molar-refractivity contribution is -0.176. The summed E-state index contributed by atoms with van der Waals surface area (Å²) in [6.45, 7) is 9.75. The normalized spacial score (nSPS) is 14.7. The molecule has 0 bridgehead atoms. The van der Waals surface area contributed by atoms with Crippen molar-refractivity contribution in [1.29, 1.82) is 0 Å². The summed E-state index contributed by atoms with van der Waals surface area (Å²) < 4.78 is 5.71. The van der Waals surface area contributed by atoms with Crippen molar-refractivity contribution in [2.24, 2.45) is 0 Å². The number of imide groups is 1. The first-order valence-electron chi connectivity index (χ1n) is 9.07. The van der Waals surface area contributed by atoms with E-state index in [1.165, 1.54) is 19.1 Å². The van der Waals surface area contributed by atoms with E-state index in [0.717, 1.165) is 11.1 Å². The average Bonchev–Trinajstić information content (AvgIpc) is 2.87. The number of ether oxygens (including phenoxy) is 1. The quantitative estimate of drug-likeness (QED) is 0.753. The van der Waals surface area contributed by atoms with Crippen molar-refractivity contribution in [2.75, 3.05) is 0 Å². The predicted molar refractivity (Wildman–Crippen MR) is 103 cm³/mol. The second-order valence-corrected chi connectivity index (χ2v) is 7.85. The van der Waals surface area contributed by atoms with Gasteiger partial charge in [-0.25, -0.2) is 4.79 Å². The molecule has 0 aromatic heterocycles. The molecule has 0 spiro atoms. The van der Waals surface area contributed by atoms with E-state index in [4.69, 9.17) is 9.57 Å². The number of amides is 2. The number of benzene rings is 2. The molecule has 3 rings (SSSR count). The molecule has 0 N–H and O–H groups in total. The fourth-order valence-electron chi connectivity index (χ4n) is 2.90. The second kappa shape index (κ2) is 7.11. The Morgan fingerprint density at radius 1 is 1.00 bits per heavy atom. The summed E-state index contributed by atoms with van der Waals surface area (Å²) in [5.41, 5.74) is 2.45. The third-order valence-electron chi connectivity index (χ3n) is 4.61. The van der Waals surface area contributed by atoms with Crippen LogP contribution in [0.15, 0.2) is 42.5 Å². The van der Waals surface area contributed by atoms with Crippen molar-refractivity contribution < 1.29 is 24.0 Å². The van der Waals surface area contributed by atoms with Gasteiger partial charge >= 0.3 is 5.97 Å². The van der Waals surface area contributed by atoms with Crippen molar-refractivity contribution in [1.82, 2.24) is 5.06 Å². The Hall–Kier alpha value is -3.15. The molecular formula is C22H23NO5. The topological polar surface area (TPSA) is 72.9 Å². The van der Waals surface area contributed by atoms with Crippen molar-refractivity contribution >= 4 is 17.8 Å². The molecule has 0 saturated heterocycles. The fourth-order valence-corrected chi connectivity index (χ4v) is 2.90. The fraction of sp³-hybridized carbons (Fsp3) is 0.318. The van der Waals surface area contributed by atoms with Crippen LogP contribution < -0.4 is 4.74 Å². The third kappa shape index (κ3) is 3.63. The highest BCUT2D eigenvalue weighted by molar-refractivity contribution is 6.20. The molecule has 2 aromatic rings. The van der Waals surface area contributed by atoms with Crippen LogP contribution >= 0.6 is 0 Å². The van der Waals surface area contributed by atoms with Crippen molar-refractivity contribution in [3.8, 4) is 5.75 Å². The molecule has 1 atom stereocenters. The van der Waals surface area contributed by atoms with Crippen LogP contribution in [0, 0.1) is 6.92 Å². The molecule has 1 heterocycles. The maximum Gasteiger partial charge on any atom is 0.373 e. The molecular weight excluding hydrogens is 358 g/mol. The van der Waals surface area contributed by atoms with Gasteiger partial charge in [0, 0.05) is 0 Å². The van der Waals surface area contributed by atoms with Crippen LogP contribution in [-0.4, -0.2) is 29.0 Å². The number of nitrogens with zero attached hydrogens (tertiary/aromatic N) is 1. The van der Waals surface area contributed by atoms with Crippen LogP contribution in [0.2, 0.25) is 0 Å². The highest BCUT2D eigenvalue weighted by atomic mass is 16.7. The third-order valence-corrected chi connectivity index (χ3v) is 4.61. The number of carbonyl (C=O) groups excluding carboxylic acids is 3. The Morgan fingerprint density at radius 3 is 2.07 bits per heavy atom. The summed E-state index contributed by atoms with van der Waals surface area (Å²) >= 11 is 0. The first-order chi connectivity index (χ1) is 13.1. The number of rotatable bonds is 4. The van der Waals surface area contributed by atoms with Gasteiger partial charge in [-0.3, -0.25) is 9.59 Å². The van der Waals surface area contributed by atoms with Gasteiger partial charge in [0.05, 0.1) is 11.1 Å². The van der Waals surface area contributed by atoms with Crippen LogP contribution in [0.25, 0.3) is 0 Å². The molecule has 146 valence electrons. The summed E-state index contributed by atoms with van der Waals surface area (Å²) in [5, 5.41) is 0.489. The van der Waals surface area contributed by atoms with Crippen LogP contribution in [-0.2, 0) is 15.0 Å². The molecule has 1 aliphatic rings. The van der Waals surface area contributed by atoms with Gasteiger partial charge in [0.25, 0.3) is 11.8 Å². The van der Waals surface area contributed by atoms with E-state index < -0.39 is 23.9 Å². The standard InChI is InChI=1S/C22H23NO5/c1-13-12-15(22(3,4)5)10-11-18(13)27-14(2)21(26)28-23-19(24)16-8-6-7-9-17(16)20(23)25/h6-12,14H,1-5H3. The molecule has 0 saturated carbocycles. The Labute approximate surface area is 164 Å². The van der Waals surface area contributed by atoms with E-state index >= 15 is 0 Å². The van der Waals surface area contributed by atoms with Crippen molar-refractivity contribution in [3.05, 3.63) is 64.7 Å². The molecule has 2 aromatic carbocycles. The minimum absolute atomic E-state index is 0.000676. The second-order valence-electron chi connectivity index (χ2n) is 7.85. The zero-order chi connectivity index (χ0) is 20.6. The van der Waals surface area contributed by atoms with E-state index in [0.29, 0.717) is 10.8 Å². The van der Waals surface area contributed by atoms with Gasteiger partial charge in [0.15, 0.2) is 6.10 Å². The first-order valence-corrected chi connectivity index (χ1v) is 9.07. The molecule has 6 nitrogen and oxygen atoms in total. The zero-order valence-corrected chi connectivity index (χ0v) is 16.6. The van der Waals surface area contributed by atoms with E-state index in [9.17, 15) is 14.4 Å². The minimum Gasteiger partial charge on any atom is -0.479 e. The average molecular weight is 381 g/mol. The summed E-state index contributed by atoms with van der Waals surface area (Å²) in [5.74, 6) is -1.60. The monoisotopic (exact) mass is 381 g/mol. The predicted octanol–water partition coefficient (Wildman–Crippen LogP) is 3.81. The van der Waals surface area contributed by atoms with Crippen molar-refractivity contribution in [2.45, 2.75) is 46.1 Å². The number of aryl methyl sites for hydroxylation is 1. The molecule has 0 radical (unpaired) electrons. The van der Waals surface area contributed by atoms with Gasteiger partial charge in [-0.15, -0.1) is 0 Å². The largest absolute Gasteiger partial charge is 0.479 e. The lowest BCUT2D eigenvalue weighted by Crippen LogP contribution is -2.37. The van der Waals surface area contributed by atoms with Crippen LogP contribution in [0.3, 0.4) is 0 Å². The Bertz CT molecular complexity index is 923.